The normalized spacial score (nSPS) is 13.5. The number of imidazole rings is 1. The van der Waals surface area contributed by atoms with E-state index in [0.29, 0.717) is 34.9 Å². The van der Waals surface area contributed by atoms with Crippen LogP contribution in [0.1, 0.15) is 38.4 Å². The topological polar surface area (TPSA) is 101 Å². The van der Waals surface area contributed by atoms with Crippen molar-refractivity contribution in [3.05, 3.63) is 36.7 Å². The second-order valence-electron chi connectivity index (χ2n) is 8.84. The molecule has 10 heteroatoms. The van der Waals surface area contributed by atoms with Crippen LogP contribution in [0.4, 0.5) is 11.6 Å². The second-order valence-corrected chi connectivity index (χ2v) is 8.84. The van der Waals surface area contributed by atoms with Gasteiger partial charge in [-0.05, 0) is 18.8 Å². The van der Waals surface area contributed by atoms with E-state index in [1.807, 2.05) is 33.8 Å². The van der Waals surface area contributed by atoms with Crippen LogP contribution in [-0.2, 0) is 6.54 Å². The average molecular weight is 464 g/mol. The number of nitrogens with zero attached hydrogens (tertiary/aromatic N) is 6. The van der Waals surface area contributed by atoms with Gasteiger partial charge in [-0.3, -0.25) is 0 Å². The molecule has 1 aliphatic carbocycles. The monoisotopic (exact) mass is 463 g/mol. The zero-order chi connectivity index (χ0) is 23.8. The summed E-state index contributed by atoms with van der Waals surface area (Å²) in [5.41, 5.74) is 1.68. The average Bonchev–Trinajstić information content (AvgIpc) is 3.46. The first-order valence-corrected chi connectivity index (χ1v) is 11.4. The Labute approximate surface area is 197 Å². The largest absolute Gasteiger partial charge is 0.493 e. The molecule has 34 heavy (non-hydrogen) atoms. The zero-order valence-corrected chi connectivity index (χ0v) is 20.1. The van der Waals surface area contributed by atoms with Crippen molar-refractivity contribution in [2.45, 2.75) is 39.2 Å². The molecule has 5 rings (SSSR count). The van der Waals surface area contributed by atoms with E-state index < -0.39 is 0 Å². The van der Waals surface area contributed by atoms with E-state index in [9.17, 15) is 0 Å². The fraction of sp³-hybridized carbons (Fsp3) is 0.417. The molecule has 0 unspecified atom stereocenters. The number of methoxy groups -OCH3 is 3. The molecule has 0 radical (unpaired) electrons. The van der Waals surface area contributed by atoms with Crippen molar-refractivity contribution < 1.29 is 14.2 Å². The summed E-state index contributed by atoms with van der Waals surface area (Å²) >= 11 is 0. The van der Waals surface area contributed by atoms with Gasteiger partial charge in [0.05, 0.1) is 44.8 Å². The molecule has 0 saturated heterocycles. The Hall–Kier alpha value is -3.82. The smallest absolute Gasteiger partial charge is 0.203 e. The maximum atomic E-state index is 5.48. The first-order valence-electron chi connectivity index (χ1n) is 11.4. The molecule has 0 bridgehead atoms. The van der Waals surface area contributed by atoms with Crippen LogP contribution in [0.2, 0.25) is 0 Å². The molecule has 1 N–H and O–H groups in total. The summed E-state index contributed by atoms with van der Waals surface area (Å²) in [6.45, 7) is 5.15. The van der Waals surface area contributed by atoms with Crippen molar-refractivity contribution in [3.8, 4) is 22.9 Å². The fourth-order valence-corrected chi connectivity index (χ4v) is 3.94. The number of aromatic nitrogens is 6. The van der Waals surface area contributed by atoms with Gasteiger partial charge in [0.25, 0.3) is 0 Å². The van der Waals surface area contributed by atoms with Crippen LogP contribution < -0.4 is 19.5 Å². The van der Waals surface area contributed by atoms with Gasteiger partial charge in [0, 0.05) is 24.6 Å². The fourth-order valence-electron chi connectivity index (χ4n) is 3.94. The van der Waals surface area contributed by atoms with Gasteiger partial charge in [-0.2, -0.15) is 5.10 Å². The lowest BCUT2D eigenvalue weighted by atomic mass is 10.2. The van der Waals surface area contributed by atoms with Crippen LogP contribution in [-0.4, -0.2) is 50.6 Å². The molecular weight excluding hydrogens is 434 g/mol. The van der Waals surface area contributed by atoms with Crippen molar-refractivity contribution in [2.75, 3.05) is 26.6 Å². The lowest BCUT2D eigenvalue weighted by Gasteiger charge is -2.14. The highest BCUT2D eigenvalue weighted by Crippen LogP contribution is 2.41. The van der Waals surface area contributed by atoms with Crippen LogP contribution in [0, 0.1) is 5.92 Å². The number of anilines is 2. The number of rotatable bonds is 9. The molecule has 1 aliphatic rings. The number of fused-ring (bicyclic) bond motifs is 1. The molecule has 3 heterocycles. The SMILES string of the molecule is COc1cc(-n2cnc(Nc3nc(C4CC4)nc4c3cnn4CC(C)C)c2)cc(OC)c1OC. The summed E-state index contributed by atoms with van der Waals surface area (Å²) in [6, 6.07) is 3.74. The van der Waals surface area contributed by atoms with Crippen LogP contribution in [0.3, 0.4) is 0 Å². The highest BCUT2D eigenvalue weighted by atomic mass is 16.5. The number of nitrogens with one attached hydrogen (secondary N) is 1. The van der Waals surface area contributed by atoms with Gasteiger partial charge in [0.15, 0.2) is 17.1 Å². The summed E-state index contributed by atoms with van der Waals surface area (Å²) in [5.74, 6) is 4.82. The molecule has 10 nitrogen and oxygen atoms in total. The first-order chi connectivity index (χ1) is 16.5. The van der Waals surface area contributed by atoms with E-state index in [1.165, 1.54) is 0 Å². The van der Waals surface area contributed by atoms with Crippen molar-refractivity contribution in [1.82, 2.24) is 29.3 Å². The Morgan fingerprint density at radius 3 is 2.41 bits per heavy atom. The summed E-state index contributed by atoms with van der Waals surface area (Å²) in [5, 5.41) is 8.84. The minimum absolute atomic E-state index is 0.420. The third-order valence-electron chi connectivity index (χ3n) is 5.77. The highest BCUT2D eigenvalue weighted by molar-refractivity contribution is 5.88. The highest BCUT2D eigenvalue weighted by Gasteiger charge is 2.28. The summed E-state index contributed by atoms with van der Waals surface area (Å²) in [6.07, 6.45) is 7.69. The molecule has 178 valence electrons. The maximum absolute atomic E-state index is 5.48. The summed E-state index contributed by atoms with van der Waals surface area (Å²) in [7, 11) is 4.78. The quantitative estimate of drug-likeness (QED) is 0.392. The van der Waals surface area contributed by atoms with Gasteiger partial charge in [-0.15, -0.1) is 0 Å². The molecular formula is C24H29N7O3. The van der Waals surface area contributed by atoms with Crippen LogP contribution >= 0.6 is 0 Å². The molecule has 1 aromatic carbocycles. The first kappa shape index (κ1) is 22.0. The van der Waals surface area contributed by atoms with Gasteiger partial charge >= 0.3 is 0 Å². The Kier molecular flexibility index (Phi) is 5.72. The summed E-state index contributed by atoms with van der Waals surface area (Å²) in [4.78, 5) is 14.2. The molecule has 0 aliphatic heterocycles. The van der Waals surface area contributed by atoms with Gasteiger partial charge in [0.1, 0.15) is 23.8 Å². The minimum atomic E-state index is 0.420. The van der Waals surface area contributed by atoms with E-state index >= 15 is 0 Å². The van der Waals surface area contributed by atoms with E-state index in [-0.39, 0.29) is 0 Å². The van der Waals surface area contributed by atoms with Crippen molar-refractivity contribution in [1.29, 1.82) is 0 Å². The predicted octanol–water partition coefficient (Wildman–Crippen LogP) is 4.31. The number of benzene rings is 1. The van der Waals surface area contributed by atoms with Gasteiger partial charge < -0.3 is 24.1 Å². The Morgan fingerprint density at radius 2 is 1.79 bits per heavy atom. The Balaban J connectivity index is 1.49. The van der Waals surface area contributed by atoms with E-state index in [1.54, 1.807) is 27.7 Å². The van der Waals surface area contributed by atoms with E-state index in [4.69, 9.17) is 24.2 Å². The lowest BCUT2D eigenvalue weighted by Crippen LogP contribution is -2.08. The molecule has 0 atom stereocenters. The third-order valence-corrected chi connectivity index (χ3v) is 5.77. The van der Waals surface area contributed by atoms with Crippen molar-refractivity contribution in [2.24, 2.45) is 5.92 Å². The van der Waals surface area contributed by atoms with Gasteiger partial charge in [-0.25, -0.2) is 19.6 Å². The molecule has 4 aromatic rings. The van der Waals surface area contributed by atoms with E-state index in [0.717, 1.165) is 47.7 Å². The van der Waals surface area contributed by atoms with Crippen LogP contribution in [0.25, 0.3) is 16.7 Å². The number of hydrogen-bond acceptors (Lipinski definition) is 8. The van der Waals surface area contributed by atoms with Crippen molar-refractivity contribution in [3.63, 3.8) is 0 Å². The number of ether oxygens (including phenoxy) is 3. The molecule has 0 amide bonds. The molecule has 1 fully saturated rings. The van der Waals surface area contributed by atoms with E-state index in [2.05, 4.69) is 29.2 Å². The van der Waals surface area contributed by atoms with Gasteiger partial charge in [-0.1, -0.05) is 13.8 Å². The third kappa shape index (κ3) is 4.11. The Morgan fingerprint density at radius 1 is 1.06 bits per heavy atom. The summed E-state index contributed by atoms with van der Waals surface area (Å²) < 4.78 is 20.2. The molecule has 1 saturated carbocycles. The lowest BCUT2D eigenvalue weighted by molar-refractivity contribution is 0.324. The van der Waals surface area contributed by atoms with Crippen molar-refractivity contribution >= 4 is 22.7 Å². The predicted molar refractivity (Wildman–Crippen MR) is 129 cm³/mol. The van der Waals surface area contributed by atoms with Crippen LogP contribution in [0.15, 0.2) is 30.9 Å². The molecule has 0 spiro atoms. The second kappa shape index (κ2) is 8.85. The van der Waals surface area contributed by atoms with Gasteiger partial charge in [0.2, 0.25) is 5.75 Å². The Bertz CT molecular complexity index is 1300. The number of hydrogen-bond donors (Lipinski definition) is 1. The molecule has 3 aromatic heterocycles. The van der Waals surface area contributed by atoms with Crippen LogP contribution in [0.5, 0.6) is 17.2 Å². The standard InChI is InChI=1S/C24H29N7O3/c1-14(2)11-31-24-17(10-26-31)23(28-22(29-24)15-6-7-15)27-20-12-30(13-25-20)16-8-18(32-3)21(34-5)19(9-16)33-4/h8-10,12-15H,6-7,11H2,1-5H3,(H,27,28,29). The maximum Gasteiger partial charge on any atom is 0.203 e. The minimum Gasteiger partial charge on any atom is -0.493 e. The zero-order valence-electron chi connectivity index (χ0n) is 20.1.